The summed E-state index contributed by atoms with van der Waals surface area (Å²) in [6.07, 6.45) is 2.43. The summed E-state index contributed by atoms with van der Waals surface area (Å²) in [5.41, 5.74) is -0.608. The number of hydrogen-bond acceptors (Lipinski definition) is 5. The van der Waals surface area contributed by atoms with Gasteiger partial charge in [0.05, 0.1) is 4.92 Å². The number of nitrogens with one attached hydrogen (secondary N) is 1. The number of pyridine rings is 2. The molecule has 1 amide bonds. The summed E-state index contributed by atoms with van der Waals surface area (Å²) in [6, 6.07) is 4.36. The highest BCUT2D eigenvalue weighted by atomic mass is 79.9. The van der Waals surface area contributed by atoms with Crippen LogP contribution in [0.5, 0.6) is 0 Å². The predicted molar refractivity (Wildman–Crippen MR) is 75.8 cm³/mol. The highest BCUT2D eigenvalue weighted by Crippen LogP contribution is 2.21. The quantitative estimate of drug-likeness (QED) is 0.517. The molecule has 2 aromatic rings. The third-order valence-electron chi connectivity index (χ3n) is 2.26. The summed E-state index contributed by atoms with van der Waals surface area (Å²) in [7, 11) is 0. The molecule has 0 spiro atoms. The van der Waals surface area contributed by atoms with Crippen LogP contribution in [0.25, 0.3) is 0 Å². The number of nitrogens with zero attached hydrogens (tertiary/aromatic N) is 3. The Balaban J connectivity index is 2.31. The molecular weight excluding hydrogens is 352 g/mol. The minimum atomic E-state index is -0.701. The molecule has 0 aliphatic heterocycles. The van der Waals surface area contributed by atoms with Crippen molar-refractivity contribution in [3.8, 4) is 0 Å². The zero-order valence-electron chi connectivity index (χ0n) is 9.71. The molecule has 20 heavy (non-hydrogen) atoms. The van der Waals surface area contributed by atoms with Crippen molar-refractivity contribution in [2.75, 3.05) is 5.32 Å². The van der Waals surface area contributed by atoms with E-state index in [4.69, 9.17) is 11.6 Å². The van der Waals surface area contributed by atoms with Gasteiger partial charge in [0.1, 0.15) is 22.7 Å². The summed E-state index contributed by atoms with van der Waals surface area (Å²) < 4.78 is 0.744. The molecule has 0 unspecified atom stereocenters. The van der Waals surface area contributed by atoms with Crippen molar-refractivity contribution >= 4 is 44.9 Å². The Morgan fingerprint density at radius 1 is 1.35 bits per heavy atom. The largest absolute Gasteiger partial charge is 0.306 e. The molecule has 0 saturated heterocycles. The Bertz CT molecular complexity index is 678. The zero-order chi connectivity index (χ0) is 14.7. The van der Waals surface area contributed by atoms with E-state index in [-0.39, 0.29) is 16.5 Å². The first-order valence-electron chi connectivity index (χ1n) is 5.20. The molecule has 0 radical (unpaired) electrons. The minimum absolute atomic E-state index is 0.00971. The molecule has 0 aliphatic rings. The van der Waals surface area contributed by atoms with E-state index in [0.29, 0.717) is 0 Å². The van der Waals surface area contributed by atoms with Gasteiger partial charge in [0.15, 0.2) is 0 Å². The highest BCUT2D eigenvalue weighted by molar-refractivity contribution is 9.10. The van der Waals surface area contributed by atoms with Gasteiger partial charge in [-0.1, -0.05) is 11.6 Å². The molecule has 1 N–H and O–H groups in total. The van der Waals surface area contributed by atoms with Gasteiger partial charge in [0.2, 0.25) is 0 Å². The van der Waals surface area contributed by atoms with Crippen LogP contribution in [0, 0.1) is 10.1 Å². The van der Waals surface area contributed by atoms with Crippen LogP contribution in [0.15, 0.2) is 35.1 Å². The van der Waals surface area contributed by atoms with Crippen molar-refractivity contribution in [1.29, 1.82) is 0 Å². The fraction of sp³-hybridized carbons (Fsp3) is 0. The van der Waals surface area contributed by atoms with E-state index < -0.39 is 16.5 Å². The van der Waals surface area contributed by atoms with Crippen molar-refractivity contribution < 1.29 is 9.72 Å². The van der Waals surface area contributed by atoms with E-state index in [0.717, 1.165) is 16.7 Å². The maximum atomic E-state index is 12.0. The van der Waals surface area contributed by atoms with Gasteiger partial charge < -0.3 is 5.32 Å². The molecule has 0 bridgehead atoms. The first-order valence-corrected chi connectivity index (χ1v) is 6.37. The molecule has 0 atom stereocenters. The molecule has 0 aliphatic carbocycles. The van der Waals surface area contributed by atoms with Crippen molar-refractivity contribution in [3.05, 3.63) is 55.9 Å². The lowest BCUT2D eigenvalue weighted by Gasteiger charge is -2.05. The number of anilines is 1. The Morgan fingerprint density at radius 3 is 2.70 bits per heavy atom. The van der Waals surface area contributed by atoms with Gasteiger partial charge in [-0.3, -0.25) is 14.9 Å². The smallest absolute Gasteiger partial charge is 0.300 e. The average molecular weight is 358 g/mol. The van der Waals surface area contributed by atoms with Gasteiger partial charge in [-0.2, -0.15) is 0 Å². The van der Waals surface area contributed by atoms with Crippen LogP contribution >= 0.6 is 27.5 Å². The first kappa shape index (κ1) is 14.4. The lowest BCUT2D eigenvalue weighted by Crippen LogP contribution is -2.15. The Morgan fingerprint density at radius 2 is 2.10 bits per heavy atom. The van der Waals surface area contributed by atoms with E-state index in [1.165, 1.54) is 6.20 Å². The van der Waals surface area contributed by atoms with Crippen molar-refractivity contribution in [2.45, 2.75) is 0 Å². The van der Waals surface area contributed by atoms with Gasteiger partial charge in [0.25, 0.3) is 11.6 Å². The van der Waals surface area contributed by atoms with Gasteiger partial charge in [-0.05, 0) is 34.1 Å². The molecule has 2 aromatic heterocycles. The fourth-order valence-electron chi connectivity index (χ4n) is 1.38. The van der Waals surface area contributed by atoms with Crippen LogP contribution in [-0.4, -0.2) is 20.8 Å². The first-order chi connectivity index (χ1) is 9.47. The number of rotatable bonds is 3. The van der Waals surface area contributed by atoms with Crippen LogP contribution in [0.1, 0.15) is 10.4 Å². The van der Waals surface area contributed by atoms with Crippen LogP contribution in [-0.2, 0) is 0 Å². The molecule has 102 valence electrons. The summed E-state index contributed by atoms with van der Waals surface area (Å²) in [4.78, 5) is 29.7. The van der Waals surface area contributed by atoms with E-state index in [2.05, 4.69) is 31.2 Å². The second-order valence-corrected chi connectivity index (χ2v) is 4.90. The standard InChI is InChI=1S/C11H6BrClN4O3/c12-6-1-2-10(15-4-6)16-11(18)7-3-9(13)14-5-8(7)17(19)20/h1-5H,(H,15,16,18). The number of nitro groups is 1. The number of aromatic nitrogens is 2. The number of carbonyl (C=O) groups is 1. The van der Waals surface area contributed by atoms with Gasteiger partial charge >= 0.3 is 0 Å². The molecule has 2 heterocycles. The number of hydrogen-bond donors (Lipinski definition) is 1. The summed E-state index contributed by atoms with van der Waals surface area (Å²) in [5, 5.41) is 13.3. The second-order valence-electron chi connectivity index (χ2n) is 3.60. The lowest BCUT2D eigenvalue weighted by atomic mass is 10.2. The van der Waals surface area contributed by atoms with Gasteiger partial charge in [-0.15, -0.1) is 0 Å². The molecule has 2 rings (SSSR count). The molecule has 0 aromatic carbocycles. The van der Waals surface area contributed by atoms with Crippen molar-refractivity contribution in [1.82, 2.24) is 9.97 Å². The summed E-state index contributed by atoms with van der Waals surface area (Å²) >= 11 is 8.86. The summed E-state index contributed by atoms with van der Waals surface area (Å²) in [5.74, 6) is -0.420. The normalized spacial score (nSPS) is 10.1. The molecular formula is C11H6BrClN4O3. The Labute approximate surface area is 126 Å². The zero-order valence-corrected chi connectivity index (χ0v) is 12.1. The maximum Gasteiger partial charge on any atom is 0.300 e. The van der Waals surface area contributed by atoms with E-state index in [1.54, 1.807) is 12.1 Å². The second kappa shape index (κ2) is 5.93. The molecule has 9 heteroatoms. The van der Waals surface area contributed by atoms with Gasteiger partial charge in [-0.25, -0.2) is 9.97 Å². The number of halogens is 2. The van der Waals surface area contributed by atoms with Gasteiger partial charge in [0, 0.05) is 10.7 Å². The van der Waals surface area contributed by atoms with Crippen molar-refractivity contribution in [2.24, 2.45) is 0 Å². The molecule has 7 nitrogen and oxygen atoms in total. The third kappa shape index (κ3) is 3.28. The molecule has 0 fully saturated rings. The topological polar surface area (TPSA) is 98.0 Å². The van der Waals surface area contributed by atoms with Crippen LogP contribution < -0.4 is 5.32 Å². The lowest BCUT2D eigenvalue weighted by molar-refractivity contribution is -0.385. The third-order valence-corrected chi connectivity index (χ3v) is 2.94. The van der Waals surface area contributed by atoms with Crippen LogP contribution in [0.4, 0.5) is 11.5 Å². The van der Waals surface area contributed by atoms with E-state index in [9.17, 15) is 14.9 Å². The fourth-order valence-corrected chi connectivity index (χ4v) is 1.78. The Hall–Kier alpha value is -2.06. The van der Waals surface area contributed by atoms with Crippen LogP contribution in [0.2, 0.25) is 5.15 Å². The monoisotopic (exact) mass is 356 g/mol. The maximum absolute atomic E-state index is 12.0. The molecule has 0 saturated carbocycles. The predicted octanol–water partition coefficient (Wildman–Crippen LogP) is 3.05. The number of amides is 1. The van der Waals surface area contributed by atoms with E-state index >= 15 is 0 Å². The van der Waals surface area contributed by atoms with Crippen molar-refractivity contribution in [3.63, 3.8) is 0 Å². The SMILES string of the molecule is O=C(Nc1ccc(Br)cn1)c1cc(Cl)ncc1[N+](=O)[O-]. The Kier molecular flexibility index (Phi) is 4.26. The number of carbonyl (C=O) groups excluding carboxylic acids is 1. The average Bonchev–Trinajstić information content (AvgIpc) is 2.41. The van der Waals surface area contributed by atoms with Crippen LogP contribution in [0.3, 0.4) is 0 Å². The van der Waals surface area contributed by atoms with E-state index in [1.807, 2.05) is 0 Å². The minimum Gasteiger partial charge on any atom is -0.306 e. The highest BCUT2D eigenvalue weighted by Gasteiger charge is 2.21. The summed E-state index contributed by atoms with van der Waals surface area (Å²) in [6.45, 7) is 0.